The van der Waals surface area contributed by atoms with E-state index in [2.05, 4.69) is 24.5 Å². The first-order chi connectivity index (χ1) is 8.61. The molecule has 0 spiro atoms. The zero-order chi connectivity index (χ0) is 13.4. The first kappa shape index (κ1) is 14.4. The van der Waals surface area contributed by atoms with Crippen LogP contribution in [0.3, 0.4) is 0 Å². The highest BCUT2D eigenvalue weighted by Gasteiger charge is 2.02. The smallest absolute Gasteiger partial charge is 0.319 e. The Kier molecular flexibility index (Phi) is 6.05. The zero-order valence-corrected chi connectivity index (χ0v) is 11.3. The van der Waals surface area contributed by atoms with Gasteiger partial charge in [0, 0.05) is 18.3 Å². The van der Waals surface area contributed by atoms with Crippen molar-refractivity contribution in [1.29, 1.82) is 0 Å². The Hall–Kier alpha value is -1.71. The molecule has 0 atom stereocenters. The normalized spacial score (nSPS) is 10.2. The van der Waals surface area contributed by atoms with Crippen molar-refractivity contribution in [3.05, 3.63) is 24.3 Å². The number of nitrogens with one attached hydrogen (secondary N) is 2. The van der Waals surface area contributed by atoms with Crippen molar-refractivity contribution in [1.82, 2.24) is 5.32 Å². The molecule has 0 aromatic heterocycles. The van der Waals surface area contributed by atoms with E-state index in [0.29, 0.717) is 19.1 Å². The molecule has 100 valence electrons. The van der Waals surface area contributed by atoms with Gasteiger partial charge in [0.1, 0.15) is 5.75 Å². The first-order valence-electron chi connectivity index (χ1n) is 6.39. The lowest BCUT2D eigenvalue weighted by Crippen LogP contribution is -2.30. The van der Waals surface area contributed by atoms with Gasteiger partial charge in [-0.05, 0) is 31.4 Å². The number of amides is 2. The van der Waals surface area contributed by atoms with Gasteiger partial charge in [-0.15, -0.1) is 0 Å². The Morgan fingerprint density at radius 2 is 2.17 bits per heavy atom. The lowest BCUT2D eigenvalue weighted by molar-refractivity contribution is 0.251. The molecule has 0 aliphatic carbocycles. The zero-order valence-electron chi connectivity index (χ0n) is 11.3. The van der Waals surface area contributed by atoms with Gasteiger partial charge in [-0.3, -0.25) is 0 Å². The fourth-order valence-electron chi connectivity index (χ4n) is 1.48. The highest BCUT2D eigenvalue weighted by molar-refractivity contribution is 5.89. The first-order valence-corrected chi connectivity index (χ1v) is 6.39. The third-order valence-electron chi connectivity index (χ3n) is 2.41. The number of anilines is 1. The van der Waals surface area contributed by atoms with Crippen molar-refractivity contribution < 1.29 is 9.53 Å². The Balaban J connectivity index is 2.41. The number of carbonyl (C=O) groups is 1. The van der Waals surface area contributed by atoms with Crippen LogP contribution in [0.15, 0.2) is 24.3 Å². The second kappa shape index (κ2) is 7.58. The van der Waals surface area contributed by atoms with Gasteiger partial charge in [0.2, 0.25) is 0 Å². The fourth-order valence-corrected chi connectivity index (χ4v) is 1.48. The van der Waals surface area contributed by atoms with Crippen LogP contribution in [0, 0.1) is 5.92 Å². The van der Waals surface area contributed by atoms with E-state index in [1.807, 2.05) is 31.2 Å². The summed E-state index contributed by atoms with van der Waals surface area (Å²) in [5, 5.41) is 5.61. The third kappa shape index (κ3) is 5.57. The maximum Gasteiger partial charge on any atom is 0.319 e. The number of rotatable bonds is 6. The van der Waals surface area contributed by atoms with Gasteiger partial charge in [-0.1, -0.05) is 19.9 Å². The van der Waals surface area contributed by atoms with Gasteiger partial charge in [0.15, 0.2) is 0 Å². The fraction of sp³-hybridized carbons (Fsp3) is 0.500. The lowest BCUT2D eigenvalue weighted by Gasteiger charge is -2.10. The van der Waals surface area contributed by atoms with Gasteiger partial charge in [-0.25, -0.2) is 4.79 Å². The SMILES string of the molecule is CCOc1cccc(NC(=O)NCCC(C)C)c1. The van der Waals surface area contributed by atoms with Crippen LogP contribution in [0.4, 0.5) is 10.5 Å². The quantitative estimate of drug-likeness (QED) is 0.814. The molecule has 2 N–H and O–H groups in total. The molecule has 0 saturated heterocycles. The van der Waals surface area contributed by atoms with Crippen LogP contribution in [0.2, 0.25) is 0 Å². The predicted molar refractivity (Wildman–Crippen MR) is 74.1 cm³/mol. The van der Waals surface area contributed by atoms with Gasteiger partial charge in [0.25, 0.3) is 0 Å². The van der Waals surface area contributed by atoms with Crippen molar-refractivity contribution >= 4 is 11.7 Å². The van der Waals surface area contributed by atoms with Crippen LogP contribution >= 0.6 is 0 Å². The summed E-state index contributed by atoms with van der Waals surface area (Å²) in [6.45, 7) is 7.49. The second-order valence-corrected chi connectivity index (χ2v) is 4.52. The van der Waals surface area contributed by atoms with E-state index in [1.165, 1.54) is 0 Å². The van der Waals surface area contributed by atoms with Gasteiger partial charge in [0.05, 0.1) is 6.61 Å². The summed E-state index contributed by atoms with van der Waals surface area (Å²) in [5.74, 6) is 1.35. The van der Waals surface area contributed by atoms with E-state index in [0.717, 1.165) is 17.9 Å². The van der Waals surface area contributed by atoms with Crippen molar-refractivity contribution in [2.24, 2.45) is 5.92 Å². The van der Waals surface area contributed by atoms with Gasteiger partial charge in [-0.2, -0.15) is 0 Å². The molecule has 0 aliphatic rings. The molecular weight excluding hydrogens is 228 g/mol. The highest BCUT2D eigenvalue weighted by Crippen LogP contribution is 2.16. The van der Waals surface area contributed by atoms with Crippen molar-refractivity contribution in [2.45, 2.75) is 27.2 Å². The summed E-state index contributed by atoms with van der Waals surface area (Å²) in [7, 11) is 0. The molecular formula is C14H22N2O2. The molecule has 0 unspecified atom stereocenters. The van der Waals surface area contributed by atoms with Crippen molar-refractivity contribution in [3.63, 3.8) is 0 Å². The molecule has 1 aromatic carbocycles. The van der Waals surface area contributed by atoms with E-state index >= 15 is 0 Å². The summed E-state index contributed by atoms with van der Waals surface area (Å²) in [6.07, 6.45) is 0.979. The molecule has 4 heteroatoms. The summed E-state index contributed by atoms with van der Waals surface area (Å²) in [5.41, 5.74) is 0.739. The second-order valence-electron chi connectivity index (χ2n) is 4.52. The number of urea groups is 1. The van der Waals surface area contributed by atoms with E-state index in [1.54, 1.807) is 0 Å². The number of hydrogen-bond donors (Lipinski definition) is 2. The maximum absolute atomic E-state index is 11.6. The number of carbonyl (C=O) groups excluding carboxylic acids is 1. The molecule has 2 amide bonds. The Labute approximate surface area is 109 Å². The van der Waals surface area contributed by atoms with Crippen LogP contribution in [0.25, 0.3) is 0 Å². The molecule has 1 rings (SSSR count). The standard InChI is InChI=1S/C14H22N2O2/c1-4-18-13-7-5-6-12(10-13)16-14(17)15-9-8-11(2)3/h5-7,10-11H,4,8-9H2,1-3H3,(H2,15,16,17). The average Bonchev–Trinajstić information content (AvgIpc) is 2.29. The summed E-state index contributed by atoms with van der Waals surface area (Å²) in [6, 6.07) is 7.19. The molecule has 4 nitrogen and oxygen atoms in total. The topological polar surface area (TPSA) is 50.4 Å². The van der Waals surface area contributed by atoms with Crippen LogP contribution in [0.5, 0.6) is 5.75 Å². The molecule has 0 saturated carbocycles. The minimum Gasteiger partial charge on any atom is -0.494 e. The average molecular weight is 250 g/mol. The summed E-state index contributed by atoms with van der Waals surface area (Å²) < 4.78 is 5.37. The Bertz CT molecular complexity index is 378. The van der Waals surface area contributed by atoms with E-state index < -0.39 is 0 Å². The van der Waals surface area contributed by atoms with Crippen LogP contribution in [-0.4, -0.2) is 19.2 Å². The number of benzene rings is 1. The van der Waals surface area contributed by atoms with Crippen molar-refractivity contribution in [3.8, 4) is 5.75 Å². The molecule has 1 aromatic rings. The largest absolute Gasteiger partial charge is 0.494 e. The summed E-state index contributed by atoms with van der Waals surface area (Å²) in [4.78, 5) is 11.6. The summed E-state index contributed by atoms with van der Waals surface area (Å²) >= 11 is 0. The van der Waals surface area contributed by atoms with Crippen LogP contribution in [-0.2, 0) is 0 Å². The van der Waals surface area contributed by atoms with E-state index in [9.17, 15) is 4.79 Å². The molecule has 0 fully saturated rings. The third-order valence-corrected chi connectivity index (χ3v) is 2.41. The maximum atomic E-state index is 11.6. The molecule has 0 bridgehead atoms. The van der Waals surface area contributed by atoms with Crippen molar-refractivity contribution in [2.75, 3.05) is 18.5 Å². The Morgan fingerprint density at radius 3 is 2.83 bits per heavy atom. The van der Waals surface area contributed by atoms with E-state index in [-0.39, 0.29) is 6.03 Å². The van der Waals surface area contributed by atoms with Gasteiger partial charge >= 0.3 is 6.03 Å². The highest BCUT2D eigenvalue weighted by atomic mass is 16.5. The molecule has 0 heterocycles. The van der Waals surface area contributed by atoms with Gasteiger partial charge < -0.3 is 15.4 Å². The molecule has 0 radical (unpaired) electrons. The van der Waals surface area contributed by atoms with E-state index in [4.69, 9.17) is 4.74 Å². The van der Waals surface area contributed by atoms with Crippen LogP contribution in [0.1, 0.15) is 27.2 Å². The van der Waals surface area contributed by atoms with Crippen LogP contribution < -0.4 is 15.4 Å². The molecule has 18 heavy (non-hydrogen) atoms. The Morgan fingerprint density at radius 1 is 1.39 bits per heavy atom. The lowest BCUT2D eigenvalue weighted by atomic mass is 10.1. The predicted octanol–water partition coefficient (Wildman–Crippen LogP) is 3.25. The monoisotopic (exact) mass is 250 g/mol. The number of ether oxygens (including phenoxy) is 1. The molecule has 0 aliphatic heterocycles. The minimum atomic E-state index is -0.177. The number of hydrogen-bond acceptors (Lipinski definition) is 2. The minimum absolute atomic E-state index is 0.177.